The third-order valence-corrected chi connectivity index (χ3v) is 4.80. The van der Waals surface area contributed by atoms with Crippen LogP contribution in [0.25, 0.3) is 0 Å². The molecule has 0 radical (unpaired) electrons. The minimum Gasteiger partial charge on any atom is -0.489 e. The number of nitrogens with one attached hydrogen (secondary N) is 1. The Hall–Kier alpha value is -3.94. The Balaban J connectivity index is 1.26. The maximum Gasteiger partial charge on any atom is 0.321 e. The van der Waals surface area contributed by atoms with E-state index < -0.39 is 5.82 Å². The topological polar surface area (TPSA) is 69.3 Å². The van der Waals surface area contributed by atoms with E-state index in [1.165, 1.54) is 11.0 Å². The van der Waals surface area contributed by atoms with Crippen molar-refractivity contribution in [3.05, 3.63) is 78.1 Å². The van der Waals surface area contributed by atoms with Crippen molar-refractivity contribution in [1.82, 2.24) is 4.90 Å². The number of para-hydroxylation sites is 1. The van der Waals surface area contributed by atoms with Gasteiger partial charge in [-0.05, 0) is 42.0 Å². The summed E-state index contributed by atoms with van der Waals surface area (Å²) < 4.78 is 35.5. The van der Waals surface area contributed by atoms with E-state index >= 15 is 0 Å². The number of ether oxygens (including phenoxy) is 4. The molecule has 0 aliphatic carbocycles. The number of nitrogens with zero attached hydrogens (tertiary/aromatic N) is 1. The van der Waals surface area contributed by atoms with Crippen LogP contribution in [0.2, 0.25) is 0 Å². The van der Waals surface area contributed by atoms with E-state index in [-0.39, 0.29) is 25.2 Å². The molecule has 3 aromatic carbocycles. The fourth-order valence-corrected chi connectivity index (χ4v) is 3.05. The van der Waals surface area contributed by atoms with Crippen molar-refractivity contribution >= 4 is 11.7 Å². The van der Waals surface area contributed by atoms with Crippen LogP contribution in [0.4, 0.5) is 14.9 Å². The third-order valence-electron chi connectivity index (χ3n) is 4.80. The van der Waals surface area contributed by atoms with E-state index in [9.17, 15) is 9.18 Å². The summed E-state index contributed by atoms with van der Waals surface area (Å²) in [5, 5.41) is 2.84. The standard InChI is InChI=1S/C24H23FN2O5/c1-27(11-12-29-21-8-3-2-7-20(21)25)24(28)26-18-6-4-5-17(13-18)15-30-19-9-10-22-23(14-19)32-16-31-22/h2-10,13-14H,11-12,15-16H2,1H3,(H,26,28). The molecule has 0 atom stereocenters. The number of rotatable bonds is 8. The highest BCUT2D eigenvalue weighted by Gasteiger charge is 2.14. The number of anilines is 1. The zero-order chi connectivity index (χ0) is 22.3. The first-order valence-corrected chi connectivity index (χ1v) is 10.1. The zero-order valence-corrected chi connectivity index (χ0v) is 17.5. The average molecular weight is 438 g/mol. The molecule has 0 saturated carbocycles. The van der Waals surface area contributed by atoms with Gasteiger partial charge in [0.15, 0.2) is 23.1 Å². The van der Waals surface area contributed by atoms with Gasteiger partial charge in [0.2, 0.25) is 6.79 Å². The molecule has 3 aromatic rings. The van der Waals surface area contributed by atoms with Gasteiger partial charge in [0.1, 0.15) is 19.0 Å². The Morgan fingerprint density at radius 2 is 1.88 bits per heavy atom. The van der Waals surface area contributed by atoms with Gasteiger partial charge in [0.25, 0.3) is 0 Å². The molecule has 1 heterocycles. The van der Waals surface area contributed by atoms with Crippen molar-refractivity contribution in [2.75, 3.05) is 32.3 Å². The van der Waals surface area contributed by atoms with Gasteiger partial charge in [0.05, 0.1) is 6.54 Å². The van der Waals surface area contributed by atoms with Crippen LogP contribution in [0.5, 0.6) is 23.0 Å². The highest BCUT2D eigenvalue weighted by atomic mass is 19.1. The Labute approximate surface area is 185 Å². The summed E-state index contributed by atoms with van der Waals surface area (Å²) >= 11 is 0. The molecule has 1 aliphatic heterocycles. The smallest absolute Gasteiger partial charge is 0.321 e. The van der Waals surface area contributed by atoms with Crippen LogP contribution >= 0.6 is 0 Å². The van der Waals surface area contributed by atoms with E-state index in [4.69, 9.17) is 18.9 Å². The third kappa shape index (κ3) is 5.40. The summed E-state index contributed by atoms with van der Waals surface area (Å²) in [5.41, 5.74) is 1.54. The molecular formula is C24H23FN2O5. The minimum atomic E-state index is -0.431. The van der Waals surface area contributed by atoms with Crippen molar-refractivity contribution in [3.63, 3.8) is 0 Å². The summed E-state index contributed by atoms with van der Waals surface area (Å²) in [7, 11) is 1.65. The summed E-state index contributed by atoms with van der Waals surface area (Å²) in [6.45, 7) is 1.02. The number of fused-ring (bicyclic) bond motifs is 1. The molecule has 1 aliphatic rings. The molecule has 0 fully saturated rings. The molecule has 1 N–H and O–H groups in total. The van der Waals surface area contributed by atoms with Gasteiger partial charge in [-0.2, -0.15) is 0 Å². The maximum atomic E-state index is 13.6. The normalized spacial score (nSPS) is 11.7. The van der Waals surface area contributed by atoms with Crippen LogP contribution in [0, 0.1) is 5.82 Å². The molecule has 166 valence electrons. The molecule has 0 bridgehead atoms. The maximum absolute atomic E-state index is 13.6. The quantitative estimate of drug-likeness (QED) is 0.553. The van der Waals surface area contributed by atoms with Crippen molar-refractivity contribution in [3.8, 4) is 23.0 Å². The largest absolute Gasteiger partial charge is 0.489 e. The summed E-state index contributed by atoms with van der Waals surface area (Å²) in [4.78, 5) is 13.9. The lowest BCUT2D eigenvalue weighted by atomic mass is 10.2. The number of urea groups is 1. The van der Waals surface area contributed by atoms with E-state index in [1.54, 1.807) is 43.4 Å². The first-order chi connectivity index (χ1) is 15.6. The molecule has 0 unspecified atom stereocenters. The molecule has 0 aromatic heterocycles. The van der Waals surface area contributed by atoms with Gasteiger partial charge < -0.3 is 29.2 Å². The molecule has 7 nitrogen and oxygen atoms in total. The number of amides is 2. The Kier molecular flexibility index (Phi) is 6.60. The molecular weight excluding hydrogens is 415 g/mol. The lowest BCUT2D eigenvalue weighted by Gasteiger charge is -2.18. The number of carbonyl (C=O) groups excluding carboxylic acids is 1. The predicted molar refractivity (Wildman–Crippen MR) is 117 cm³/mol. The molecule has 0 spiro atoms. The highest BCUT2D eigenvalue weighted by molar-refractivity contribution is 5.89. The second-order valence-corrected chi connectivity index (χ2v) is 7.13. The van der Waals surface area contributed by atoms with Crippen LogP contribution in [0.3, 0.4) is 0 Å². The van der Waals surface area contributed by atoms with Crippen LogP contribution < -0.4 is 24.3 Å². The van der Waals surface area contributed by atoms with Gasteiger partial charge in [-0.3, -0.25) is 0 Å². The second-order valence-electron chi connectivity index (χ2n) is 7.13. The van der Waals surface area contributed by atoms with E-state index in [0.717, 1.165) is 5.56 Å². The van der Waals surface area contributed by atoms with Crippen LogP contribution in [0.1, 0.15) is 5.56 Å². The number of likely N-dealkylation sites (N-methyl/N-ethyl adjacent to an activating group) is 1. The lowest BCUT2D eigenvalue weighted by Crippen LogP contribution is -2.34. The van der Waals surface area contributed by atoms with Gasteiger partial charge in [-0.25, -0.2) is 9.18 Å². The minimum absolute atomic E-state index is 0.163. The van der Waals surface area contributed by atoms with Crippen molar-refractivity contribution in [2.24, 2.45) is 0 Å². The summed E-state index contributed by atoms with van der Waals surface area (Å²) in [6, 6.07) is 18.7. The van der Waals surface area contributed by atoms with Gasteiger partial charge in [-0.1, -0.05) is 24.3 Å². The zero-order valence-electron chi connectivity index (χ0n) is 17.5. The van der Waals surface area contributed by atoms with Gasteiger partial charge in [-0.15, -0.1) is 0 Å². The van der Waals surface area contributed by atoms with Crippen LogP contribution in [-0.4, -0.2) is 37.9 Å². The van der Waals surface area contributed by atoms with Crippen molar-refractivity contribution in [1.29, 1.82) is 0 Å². The van der Waals surface area contributed by atoms with Gasteiger partial charge in [0, 0.05) is 18.8 Å². The fraction of sp³-hybridized carbons (Fsp3) is 0.208. The first kappa shape index (κ1) is 21.3. The molecule has 0 saturated heterocycles. The highest BCUT2D eigenvalue weighted by Crippen LogP contribution is 2.35. The average Bonchev–Trinajstić information content (AvgIpc) is 3.27. The van der Waals surface area contributed by atoms with E-state index in [2.05, 4.69) is 5.32 Å². The second kappa shape index (κ2) is 9.91. The molecule has 4 rings (SSSR count). The summed E-state index contributed by atoms with van der Waals surface area (Å²) in [5.74, 6) is 1.75. The SMILES string of the molecule is CN(CCOc1ccccc1F)C(=O)Nc1cccc(COc2ccc3c(c2)OCO3)c1. The number of carbonyl (C=O) groups is 1. The number of halogens is 1. The lowest BCUT2D eigenvalue weighted by molar-refractivity contribution is 0.173. The van der Waals surface area contributed by atoms with Crippen LogP contribution in [0.15, 0.2) is 66.7 Å². The predicted octanol–water partition coefficient (Wildman–Crippen LogP) is 4.68. The Bertz CT molecular complexity index is 1090. The summed E-state index contributed by atoms with van der Waals surface area (Å²) in [6.07, 6.45) is 0. The number of benzene rings is 3. The van der Waals surface area contributed by atoms with Crippen molar-refractivity contribution < 1.29 is 28.1 Å². The molecule has 32 heavy (non-hydrogen) atoms. The van der Waals surface area contributed by atoms with Crippen molar-refractivity contribution in [2.45, 2.75) is 6.61 Å². The number of hydrogen-bond acceptors (Lipinski definition) is 5. The first-order valence-electron chi connectivity index (χ1n) is 10.1. The molecule has 8 heteroatoms. The van der Waals surface area contributed by atoms with Gasteiger partial charge >= 0.3 is 6.03 Å². The fourth-order valence-electron chi connectivity index (χ4n) is 3.05. The van der Waals surface area contributed by atoms with E-state index in [1.807, 2.05) is 24.3 Å². The monoisotopic (exact) mass is 438 g/mol. The number of hydrogen-bond donors (Lipinski definition) is 1. The van der Waals surface area contributed by atoms with Crippen LogP contribution in [-0.2, 0) is 6.61 Å². The Morgan fingerprint density at radius 3 is 2.75 bits per heavy atom. The van der Waals surface area contributed by atoms with E-state index in [0.29, 0.717) is 36.1 Å². The Morgan fingerprint density at radius 1 is 1.03 bits per heavy atom. The molecule has 2 amide bonds.